The highest BCUT2D eigenvalue weighted by Crippen LogP contribution is 2.33. The molecule has 0 unspecified atom stereocenters. The Kier molecular flexibility index (Phi) is 6.49. The lowest BCUT2D eigenvalue weighted by molar-refractivity contribution is -0.117. The molecule has 0 saturated carbocycles. The van der Waals surface area contributed by atoms with Crippen molar-refractivity contribution in [1.29, 1.82) is 0 Å². The molecule has 168 valence electrons. The molecule has 0 aromatic heterocycles. The molecule has 0 fully saturated rings. The van der Waals surface area contributed by atoms with E-state index < -0.39 is 12.0 Å². The molecule has 0 bridgehead atoms. The predicted molar refractivity (Wildman–Crippen MR) is 121 cm³/mol. The lowest BCUT2D eigenvalue weighted by atomic mass is 10.0. The summed E-state index contributed by atoms with van der Waals surface area (Å²) in [6.45, 7) is 2.38. The summed E-state index contributed by atoms with van der Waals surface area (Å²) < 4.78 is 18.5. The van der Waals surface area contributed by atoms with Gasteiger partial charge in [0.15, 0.2) is 0 Å². The Hall–Kier alpha value is -4.00. The van der Waals surface area contributed by atoms with Gasteiger partial charge in [-0.05, 0) is 60.5 Å². The highest BCUT2D eigenvalue weighted by atomic mass is 19.1. The van der Waals surface area contributed by atoms with Crippen molar-refractivity contribution in [3.63, 3.8) is 0 Å². The number of amides is 2. The number of rotatable bonds is 7. The normalized spacial score (nSPS) is 13.4. The molecule has 0 saturated heterocycles. The molecule has 0 radical (unpaired) electrons. The van der Waals surface area contributed by atoms with Gasteiger partial charge in [0.1, 0.15) is 5.82 Å². The molecule has 1 aliphatic rings. The Labute approximate surface area is 191 Å². The van der Waals surface area contributed by atoms with E-state index in [1.54, 1.807) is 60.4 Å². The van der Waals surface area contributed by atoms with Gasteiger partial charge in [0, 0.05) is 17.8 Å². The number of carbonyl (C=O) groups is 3. The number of ether oxygens (including phenoxy) is 1. The van der Waals surface area contributed by atoms with Crippen LogP contribution in [0.15, 0.2) is 72.8 Å². The van der Waals surface area contributed by atoms with E-state index in [0.29, 0.717) is 28.9 Å². The number of hydrogen-bond acceptors (Lipinski definition) is 4. The van der Waals surface area contributed by atoms with Gasteiger partial charge in [-0.1, -0.05) is 30.3 Å². The third kappa shape index (κ3) is 4.92. The summed E-state index contributed by atoms with van der Waals surface area (Å²) in [4.78, 5) is 39.4. The van der Waals surface area contributed by atoms with E-state index in [0.717, 1.165) is 5.56 Å². The van der Waals surface area contributed by atoms with Gasteiger partial charge in [0.25, 0.3) is 5.91 Å². The molecule has 1 atom stereocenters. The molecule has 0 aliphatic carbocycles. The number of anilines is 1. The average Bonchev–Trinajstić information content (AvgIpc) is 3.15. The standard InChI is InChI=1S/C26H23FN2O4/c1-2-33-26(32)18-9-13-21(14-10-18)28-24(30)15-23(17-7-11-20(27)12-8-17)29-16-19-5-3-4-6-22(19)25(29)31/h3-14,23H,2,15-16H2,1H3,(H,28,30)/t23-/m1/s1. The number of benzene rings is 3. The fourth-order valence-electron chi connectivity index (χ4n) is 3.91. The van der Waals surface area contributed by atoms with E-state index in [2.05, 4.69) is 5.32 Å². The Morgan fingerprint density at radius 2 is 1.73 bits per heavy atom. The van der Waals surface area contributed by atoms with E-state index in [9.17, 15) is 18.8 Å². The van der Waals surface area contributed by atoms with Crippen LogP contribution in [0, 0.1) is 5.82 Å². The maximum absolute atomic E-state index is 13.5. The van der Waals surface area contributed by atoms with Crippen molar-refractivity contribution in [3.05, 3.63) is 101 Å². The van der Waals surface area contributed by atoms with E-state index in [1.165, 1.54) is 12.1 Å². The number of fused-ring (bicyclic) bond motifs is 1. The first-order valence-electron chi connectivity index (χ1n) is 10.7. The van der Waals surface area contributed by atoms with E-state index in [1.807, 2.05) is 12.1 Å². The summed E-state index contributed by atoms with van der Waals surface area (Å²) in [5.74, 6) is -1.29. The molecule has 0 spiro atoms. The zero-order chi connectivity index (χ0) is 23.4. The summed E-state index contributed by atoms with van der Waals surface area (Å²) in [5, 5.41) is 2.81. The summed E-state index contributed by atoms with van der Waals surface area (Å²) >= 11 is 0. The molecule has 33 heavy (non-hydrogen) atoms. The highest BCUT2D eigenvalue weighted by molar-refractivity contribution is 5.99. The van der Waals surface area contributed by atoms with Crippen LogP contribution in [0.5, 0.6) is 0 Å². The molecule has 1 aliphatic heterocycles. The van der Waals surface area contributed by atoms with Crippen LogP contribution < -0.4 is 5.32 Å². The minimum atomic E-state index is -0.565. The molecule has 4 rings (SSSR count). The maximum atomic E-state index is 13.5. The minimum Gasteiger partial charge on any atom is -0.462 e. The predicted octanol–water partition coefficient (Wildman–Crippen LogP) is 4.73. The number of halogens is 1. The van der Waals surface area contributed by atoms with Crippen LogP contribution in [0.2, 0.25) is 0 Å². The lowest BCUT2D eigenvalue weighted by Gasteiger charge is -2.28. The topological polar surface area (TPSA) is 75.7 Å². The maximum Gasteiger partial charge on any atom is 0.338 e. The van der Waals surface area contributed by atoms with Crippen LogP contribution in [-0.4, -0.2) is 29.3 Å². The summed E-state index contributed by atoms with van der Waals surface area (Å²) in [6, 6.07) is 19.0. The van der Waals surface area contributed by atoms with Crippen molar-refractivity contribution >= 4 is 23.5 Å². The zero-order valence-corrected chi connectivity index (χ0v) is 18.1. The highest BCUT2D eigenvalue weighted by Gasteiger charge is 2.34. The van der Waals surface area contributed by atoms with Gasteiger partial charge in [0.2, 0.25) is 5.91 Å². The second kappa shape index (κ2) is 9.65. The molecular formula is C26H23FN2O4. The monoisotopic (exact) mass is 446 g/mol. The van der Waals surface area contributed by atoms with Crippen molar-refractivity contribution in [3.8, 4) is 0 Å². The van der Waals surface area contributed by atoms with Crippen LogP contribution in [0.1, 0.15) is 51.2 Å². The summed E-state index contributed by atoms with van der Waals surface area (Å²) in [5.41, 5.74) is 3.08. The van der Waals surface area contributed by atoms with E-state index in [4.69, 9.17) is 4.74 Å². The summed E-state index contributed by atoms with van der Waals surface area (Å²) in [7, 11) is 0. The first-order chi connectivity index (χ1) is 16.0. The smallest absolute Gasteiger partial charge is 0.338 e. The van der Waals surface area contributed by atoms with Crippen LogP contribution >= 0.6 is 0 Å². The Morgan fingerprint density at radius 1 is 1.03 bits per heavy atom. The van der Waals surface area contributed by atoms with Gasteiger partial charge in [0.05, 0.1) is 24.6 Å². The van der Waals surface area contributed by atoms with E-state index >= 15 is 0 Å². The molecule has 1 heterocycles. The molecule has 3 aromatic rings. The second-order valence-corrected chi connectivity index (χ2v) is 7.71. The van der Waals surface area contributed by atoms with Gasteiger partial charge in [-0.2, -0.15) is 0 Å². The Bertz CT molecular complexity index is 1180. The van der Waals surface area contributed by atoms with Crippen molar-refractivity contribution < 1.29 is 23.5 Å². The van der Waals surface area contributed by atoms with Crippen LogP contribution in [0.4, 0.5) is 10.1 Å². The van der Waals surface area contributed by atoms with Gasteiger partial charge < -0.3 is 15.0 Å². The Morgan fingerprint density at radius 3 is 2.39 bits per heavy atom. The number of esters is 1. The van der Waals surface area contributed by atoms with Gasteiger partial charge in [-0.3, -0.25) is 9.59 Å². The zero-order valence-electron chi connectivity index (χ0n) is 18.1. The fraction of sp³-hybridized carbons (Fsp3) is 0.192. The second-order valence-electron chi connectivity index (χ2n) is 7.71. The van der Waals surface area contributed by atoms with Crippen molar-refractivity contribution in [2.45, 2.75) is 25.9 Å². The third-order valence-electron chi connectivity index (χ3n) is 5.54. The minimum absolute atomic E-state index is 0.00894. The molecule has 6 nitrogen and oxygen atoms in total. The van der Waals surface area contributed by atoms with E-state index in [-0.39, 0.29) is 30.7 Å². The summed E-state index contributed by atoms with van der Waals surface area (Å²) in [6.07, 6.45) is -0.00894. The first kappa shape index (κ1) is 22.2. The van der Waals surface area contributed by atoms with Crippen LogP contribution in [0.3, 0.4) is 0 Å². The number of nitrogens with zero attached hydrogens (tertiary/aromatic N) is 1. The molecule has 7 heteroatoms. The average molecular weight is 446 g/mol. The quantitative estimate of drug-likeness (QED) is 0.533. The number of carbonyl (C=O) groups excluding carboxylic acids is 3. The van der Waals surface area contributed by atoms with Crippen molar-refractivity contribution in [2.24, 2.45) is 0 Å². The molecule has 2 amide bonds. The number of hydrogen-bond donors (Lipinski definition) is 1. The SMILES string of the molecule is CCOC(=O)c1ccc(NC(=O)C[C@H](c2ccc(F)cc2)N2Cc3ccccc3C2=O)cc1. The molecule has 1 N–H and O–H groups in total. The van der Waals surface area contributed by atoms with Crippen LogP contribution in [0.25, 0.3) is 0 Å². The number of nitrogens with one attached hydrogen (secondary N) is 1. The molecule has 3 aromatic carbocycles. The Balaban J connectivity index is 1.52. The van der Waals surface area contributed by atoms with Crippen LogP contribution in [-0.2, 0) is 16.1 Å². The molecular weight excluding hydrogens is 423 g/mol. The van der Waals surface area contributed by atoms with Crippen molar-refractivity contribution in [1.82, 2.24) is 4.90 Å². The first-order valence-corrected chi connectivity index (χ1v) is 10.7. The largest absolute Gasteiger partial charge is 0.462 e. The lowest BCUT2D eigenvalue weighted by Crippen LogP contribution is -2.32. The fourth-order valence-corrected chi connectivity index (χ4v) is 3.91. The third-order valence-corrected chi connectivity index (χ3v) is 5.54. The van der Waals surface area contributed by atoms with Crippen molar-refractivity contribution in [2.75, 3.05) is 11.9 Å². The van der Waals surface area contributed by atoms with Gasteiger partial charge in [-0.15, -0.1) is 0 Å². The van der Waals surface area contributed by atoms with Gasteiger partial charge >= 0.3 is 5.97 Å². The van der Waals surface area contributed by atoms with Gasteiger partial charge in [-0.25, -0.2) is 9.18 Å².